The molecule has 9 nitrogen and oxygen atoms in total. The molecular formula is C23H33N3O6. The smallest absolute Gasteiger partial charge is 0.326 e. The van der Waals surface area contributed by atoms with E-state index in [9.17, 15) is 19.5 Å². The minimum absolute atomic E-state index is 0.0621. The zero-order chi connectivity index (χ0) is 23.6. The van der Waals surface area contributed by atoms with Crippen LogP contribution in [0.15, 0.2) is 30.3 Å². The molecule has 0 spiro atoms. The molecule has 2 saturated heterocycles. The Hall–Kier alpha value is -2.49. The molecule has 2 N–H and O–H groups in total. The fourth-order valence-electron chi connectivity index (χ4n) is 4.46. The van der Waals surface area contributed by atoms with E-state index in [0.717, 1.165) is 5.56 Å². The largest absolute Gasteiger partial charge is 0.465 e. The number of nitrogens with zero attached hydrogens (tertiary/aromatic N) is 2. The third kappa shape index (κ3) is 5.11. The fourth-order valence-corrected chi connectivity index (χ4v) is 4.46. The van der Waals surface area contributed by atoms with E-state index in [1.807, 2.05) is 51.1 Å². The van der Waals surface area contributed by atoms with E-state index in [2.05, 4.69) is 5.32 Å². The maximum atomic E-state index is 13.4. The van der Waals surface area contributed by atoms with Crippen molar-refractivity contribution in [3.8, 4) is 0 Å². The second-order valence-corrected chi connectivity index (χ2v) is 9.33. The van der Waals surface area contributed by atoms with Crippen molar-refractivity contribution in [3.63, 3.8) is 0 Å². The minimum atomic E-state index is -1.06. The van der Waals surface area contributed by atoms with Crippen LogP contribution in [-0.2, 0) is 30.5 Å². The second kappa shape index (κ2) is 9.56. The zero-order valence-corrected chi connectivity index (χ0v) is 19.3. The third-order valence-corrected chi connectivity index (χ3v) is 5.66. The number of piperidine rings is 1. The molecule has 0 unspecified atom stereocenters. The molecule has 0 aliphatic carbocycles. The van der Waals surface area contributed by atoms with Crippen molar-refractivity contribution in [2.45, 2.75) is 71.0 Å². The lowest BCUT2D eigenvalue weighted by Crippen LogP contribution is -2.66. The molecule has 2 heterocycles. The Balaban J connectivity index is 2.03. The Morgan fingerprint density at radius 1 is 1.19 bits per heavy atom. The van der Waals surface area contributed by atoms with Crippen LogP contribution in [0.2, 0.25) is 0 Å². The third-order valence-electron chi connectivity index (χ3n) is 5.66. The van der Waals surface area contributed by atoms with Crippen molar-refractivity contribution in [1.82, 2.24) is 15.3 Å². The number of esters is 1. The van der Waals surface area contributed by atoms with Crippen molar-refractivity contribution < 1.29 is 29.1 Å². The number of carbonyl (C=O) groups excluding carboxylic acids is 3. The van der Waals surface area contributed by atoms with Crippen molar-refractivity contribution in [1.29, 1.82) is 0 Å². The molecule has 0 radical (unpaired) electrons. The molecule has 0 saturated carbocycles. The Kier molecular flexibility index (Phi) is 7.22. The number of benzene rings is 1. The SMILES string of the molecule is CCOC(=O)[C@@H]1[C@@H]2[C@H](ON1Cc1ccccc1)[C@H](O)CN(C(C)=O)[C@H]2C(=O)NC(C)(C)C. The van der Waals surface area contributed by atoms with Gasteiger partial charge in [-0.1, -0.05) is 30.3 Å². The van der Waals surface area contributed by atoms with Gasteiger partial charge in [-0.15, -0.1) is 0 Å². The number of nitrogens with one attached hydrogen (secondary N) is 1. The highest BCUT2D eigenvalue weighted by atomic mass is 16.7. The van der Waals surface area contributed by atoms with Gasteiger partial charge in [0.1, 0.15) is 24.3 Å². The minimum Gasteiger partial charge on any atom is -0.465 e. The average Bonchev–Trinajstić information content (AvgIpc) is 3.06. The quantitative estimate of drug-likeness (QED) is 0.645. The number of hydrogen-bond acceptors (Lipinski definition) is 7. The van der Waals surface area contributed by atoms with Gasteiger partial charge in [-0.25, -0.2) is 0 Å². The lowest BCUT2D eigenvalue weighted by Gasteiger charge is -2.44. The number of fused-ring (bicyclic) bond motifs is 1. The summed E-state index contributed by atoms with van der Waals surface area (Å²) < 4.78 is 5.33. The van der Waals surface area contributed by atoms with Crippen LogP contribution in [0.5, 0.6) is 0 Å². The Morgan fingerprint density at radius 2 is 1.84 bits per heavy atom. The summed E-state index contributed by atoms with van der Waals surface area (Å²) in [5.74, 6) is -2.11. The number of aliphatic hydroxyl groups excluding tert-OH is 1. The van der Waals surface area contributed by atoms with Crippen LogP contribution < -0.4 is 5.32 Å². The van der Waals surface area contributed by atoms with Crippen LogP contribution in [-0.4, -0.2) is 75.8 Å². The normalized spacial score (nSPS) is 28.2. The summed E-state index contributed by atoms with van der Waals surface area (Å²) in [6.07, 6.45) is -1.89. The lowest BCUT2D eigenvalue weighted by molar-refractivity contribution is -0.205. The highest BCUT2D eigenvalue weighted by molar-refractivity contribution is 5.89. The van der Waals surface area contributed by atoms with Gasteiger partial charge in [-0.2, -0.15) is 5.06 Å². The number of amides is 2. The first-order chi connectivity index (χ1) is 15.0. The molecule has 2 aliphatic heterocycles. The number of hydrogen-bond donors (Lipinski definition) is 2. The highest BCUT2D eigenvalue weighted by Crippen LogP contribution is 2.40. The summed E-state index contributed by atoms with van der Waals surface area (Å²) >= 11 is 0. The fraction of sp³-hybridized carbons (Fsp3) is 0.609. The Labute approximate surface area is 188 Å². The Morgan fingerprint density at radius 3 is 2.41 bits per heavy atom. The van der Waals surface area contributed by atoms with Crippen LogP contribution in [0.4, 0.5) is 0 Å². The van der Waals surface area contributed by atoms with Gasteiger partial charge in [-0.3, -0.25) is 19.2 Å². The molecule has 9 heteroatoms. The maximum Gasteiger partial charge on any atom is 0.326 e. The van der Waals surface area contributed by atoms with Gasteiger partial charge in [0.15, 0.2) is 0 Å². The summed E-state index contributed by atoms with van der Waals surface area (Å²) in [5.41, 5.74) is 0.349. The van der Waals surface area contributed by atoms with E-state index in [0.29, 0.717) is 0 Å². The van der Waals surface area contributed by atoms with Crippen molar-refractivity contribution in [2.24, 2.45) is 5.92 Å². The van der Waals surface area contributed by atoms with Gasteiger partial charge < -0.3 is 20.1 Å². The molecule has 0 aromatic heterocycles. The van der Waals surface area contributed by atoms with E-state index in [1.54, 1.807) is 6.92 Å². The Bertz CT molecular complexity index is 840. The average molecular weight is 448 g/mol. The molecule has 32 heavy (non-hydrogen) atoms. The standard InChI is InChI=1S/C23H33N3O6/c1-6-31-22(30)19-17-18(21(29)24-23(3,4)5)25(14(2)27)13-16(28)20(17)32-26(19)12-15-10-8-7-9-11-15/h7-11,16-20,28H,6,12-13H2,1-5H3,(H,24,29)/t16-,17-,18-,19+,20-/m1/s1. The van der Waals surface area contributed by atoms with E-state index in [1.165, 1.54) is 16.9 Å². The molecular weight excluding hydrogens is 414 g/mol. The molecule has 176 valence electrons. The van der Waals surface area contributed by atoms with Crippen molar-refractivity contribution in [3.05, 3.63) is 35.9 Å². The molecule has 0 bridgehead atoms. The summed E-state index contributed by atoms with van der Waals surface area (Å²) in [4.78, 5) is 46.3. The van der Waals surface area contributed by atoms with Gasteiger partial charge in [0.05, 0.1) is 19.7 Å². The summed E-state index contributed by atoms with van der Waals surface area (Å²) in [6, 6.07) is 7.49. The number of aliphatic hydroxyl groups is 1. The van der Waals surface area contributed by atoms with E-state index >= 15 is 0 Å². The summed E-state index contributed by atoms with van der Waals surface area (Å²) in [6.45, 7) is 8.93. The van der Waals surface area contributed by atoms with Crippen molar-refractivity contribution in [2.75, 3.05) is 13.2 Å². The zero-order valence-electron chi connectivity index (χ0n) is 19.3. The van der Waals surface area contributed by atoms with Gasteiger partial charge in [0.2, 0.25) is 11.8 Å². The first kappa shape index (κ1) is 24.2. The van der Waals surface area contributed by atoms with Gasteiger partial charge in [0.25, 0.3) is 0 Å². The summed E-state index contributed by atoms with van der Waals surface area (Å²) in [7, 11) is 0. The molecule has 2 amide bonds. The van der Waals surface area contributed by atoms with Gasteiger partial charge in [-0.05, 0) is 33.3 Å². The van der Waals surface area contributed by atoms with Crippen LogP contribution in [0, 0.1) is 5.92 Å². The van der Waals surface area contributed by atoms with E-state index in [-0.39, 0.29) is 25.6 Å². The van der Waals surface area contributed by atoms with Crippen molar-refractivity contribution >= 4 is 17.8 Å². The lowest BCUT2D eigenvalue weighted by atomic mass is 9.79. The highest BCUT2D eigenvalue weighted by Gasteiger charge is 2.60. The monoisotopic (exact) mass is 447 g/mol. The number of β-amino-alcohol motifs (C(OH)–C–C–N with tert-alkyl or cyclic N) is 1. The first-order valence-electron chi connectivity index (χ1n) is 10.9. The number of ether oxygens (including phenoxy) is 1. The number of carbonyl (C=O) groups is 3. The predicted molar refractivity (Wildman–Crippen MR) is 116 cm³/mol. The maximum absolute atomic E-state index is 13.4. The molecule has 1 aromatic carbocycles. The molecule has 3 rings (SSSR count). The second-order valence-electron chi connectivity index (χ2n) is 9.33. The topological polar surface area (TPSA) is 108 Å². The number of hydroxylamine groups is 2. The van der Waals surface area contributed by atoms with E-state index < -0.39 is 47.6 Å². The van der Waals surface area contributed by atoms with Crippen LogP contribution in [0.3, 0.4) is 0 Å². The van der Waals surface area contributed by atoms with Crippen LogP contribution in [0.25, 0.3) is 0 Å². The molecule has 2 aliphatic rings. The predicted octanol–water partition coefficient (Wildman–Crippen LogP) is 0.857. The number of rotatable bonds is 5. The van der Waals surface area contributed by atoms with Crippen LogP contribution >= 0.6 is 0 Å². The van der Waals surface area contributed by atoms with E-state index in [4.69, 9.17) is 9.57 Å². The van der Waals surface area contributed by atoms with Gasteiger partial charge >= 0.3 is 5.97 Å². The molecule has 1 aromatic rings. The molecule has 2 fully saturated rings. The van der Waals surface area contributed by atoms with Crippen LogP contribution in [0.1, 0.15) is 40.2 Å². The summed E-state index contributed by atoms with van der Waals surface area (Å²) in [5, 5.41) is 15.2. The first-order valence-corrected chi connectivity index (χ1v) is 10.9. The number of likely N-dealkylation sites (tertiary alicyclic amines) is 1. The van der Waals surface area contributed by atoms with Gasteiger partial charge in [0, 0.05) is 18.4 Å². The molecule has 5 atom stereocenters.